The lowest BCUT2D eigenvalue weighted by atomic mass is 10.2. The minimum atomic E-state index is -0.255. The first-order chi connectivity index (χ1) is 5.33. The van der Waals surface area contributed by atoms with Crippen LogP contribution in [0.15, 0.2) is 18.5 Å². The van der Waals surface area contributed by atoms with E-state index >= 15 is 0 Å². The van der Waals surface area contributed by atoms with E-state index in [-0.39, 0.29) is 5.82 Å². The van der Waals surface area contributed by atoms with Crippen LogP contribution in [0.3, 0.4) is 0 Å². The molecule has 0 aliphatic carbocycles. The smallest absolute Gasteiger partial charge is 0.141 e. The normalized spacial score (nSPS) is 8.36. The lowest BCUT2D eigenvalue weighted by Crippen LogP contribution is -1.83. The minimum Gasteiger partial charge on any atom is -0.261 e. The maximum atomic E-state index is 12.3. The van der Waals surface area contributed by atoms with Crippen molar-refractivity contribution >= 4 is 0 Å². The Bertz CT molecular complexity index is 199. The third kappa shape index (κ3) is 3.71. The van der Waals surface area contributed by atoms with Crippen LogP contribution in [0.5, 0.6) is 0 Å². The largest absolute Gasteiger partial charge is 0.261 e. The second kappa shape index (κ2) is 5.83. The molecule has 0 atom stereocenters. The van der Waals surface area contributed by atoms with Crippen molar-refractivity contribution < 1.29 is 4.39 Å². The molecular formula is C9H14FN. The highest BCUT2D eigenvalue weighted by Gasteiger charge is 1.90. The Kier molecular flexibility index (Phi) is 5.35. The zero-order valence-corrected chi connectivity index (χ0v) is 7.26. The van der Waals surface area contributed by atoms with Crippen molar-refractivity contribution in [3.05, 3.63) is 29.8 Å². The molecule has 1 heterocycles. The van der Waals surface area contributed by atoms with Crippen molar-refractivity contribution in [3.8, 4) is 0 Å². The van der Waals surface area contributed by atoms with Crippen LogP contribution in [-0.2, 0) is 6.42 Å². The molecule has 1 rings (SSSR count). The van der Waals surface area contributed by atoms with Gasteiger partial charge >= 0.3 is 0 Å². The second-order valence-corrected chi connectivity index (χ2v) is 1.86. The van der Waals surface area contributed by atoms with Crippen LogP contribution in [0.25, 0.3) is 0 Å². The Morgan fingerprint density at radius 1 is 1.36 bits per heavy atom. The van der Waals surface area contributed by atoms with E-state index in [1.165, 1.54) is 12.3 Å². The summed E-state index contributed by atoms with van der Waals surface area (Å²) >= 11 is 0. The van der Waals surface area contributed by atoms with Crippen molar-refractivity contribution in [3.63, 3.8) is 0 Å². The molecule has 1 aromatic heterocycles. The summed E-state index contributed by atoms with van der Waals surface area (Å²) in [6, 6.07) is 1.49. The Balaban J connectivity index is 0.000000461. The third-order valence-corrected chi connectivity index (χ3v) is 1.17. The van der Waals surface area contributed by atoms with Gasteiger partial charge in [-0.15, -0.1) is 0 Å². The maximum Gasteiger partial charge on any atom is 0.141 e. The van der Waals surface area contributed by atoms with Crippen LogP contribution >= 0.6 is 0 Å². The summed E-state index contributed by atoms with van der Waals surface area (Å²) in [7, 11) is 0. The van der Waals surface area contributed by atoms with Gasteiger partial charge in [0.1, 0.15) is 5.82 Å². The molecule has 0 spiro atoms. The zero-order chi connectivity index (χ0) is 8.69. The van der Waals surface area contributed by atoms with E-state index in [0.29, 0.717) is 0 Å². The fraction of sp³-hybridized carbons (Fsp3) is 0.444. The minimum absolute atomic E-state index is 0.255. The first-order valence-electron chi connectivity index (χ1n) is 3.92. The van der Waals surface area contributed by atoms with Gasteiger partial charge in [0.25, 0.3) is 0 Å². The molecule has 0 saturated carbocycles. The quantitative estimate of drug-likeness (QED) is 0.607. The average molecular weight is 155 g/mol. The van der Waals surface area contributed by atoms with Crippen molar-refractivity contribution in [1.29, 1.82) is 0 Å². The van der Waals surface area contributed by atoms with Gasteiger partial charge in [0, 0.05) is 6.20 Å². The predicted molar refractivity (Wildman–Crippen MR) is 44.9 cm³/mol. The number of halogens is 1. The molecule has 0 unspecified atom stereocenters. The molecule has 0 bridgehead atoms. The number of aromatic nitrogens is 1. The standard InChI is InChI=1S/C7H8FN.C2H6/c1-2-6-3-7(8)5-9-4-6;1-2/h3-5H,2H2,1H3;1-2H3. The van der Waals surface area contributed by atoms with Crippen molar-refractivity contribution in [2.45, 2.75) is 27.2 Å². The van der Waals surface area contributed by atoms with Crippen molar-refractivity contribution in [1.82, 2.24) is 4.98 Å². The summed E-state index contributed by atoms with van der Waals surface area (Å²) in [6.07, 6.45) is 3.72. The molecule has 0 aliphatic rings. The van der Waals surface area contributed by atoms with Crippen molar-refractivity contribution in [2.24, 2.45) is 0 Å². The van der Waals surface area contributed by atoms with E-state index in [1.54, 1.807) is 6.20 Å². The van der Waals surface area contributed by atoms with E-state index in [4.69, 9.17) is 0 Å². The molecule has 0 aromatic carbocycles. The third-order valence-electron chi connectivity index (χ3n) is 1.17. The highest BCUT2D eigenvalue weighted by molar-refractivity contribution is 5.09. The van der Waals surface area contributed by atoms with Gasteiger partial charge in [0.15, 0.2) is 0 Å². The Labute approximate surface area is 67.3 Å². The number of pyridine rings is 1. The SMILES string of the molecule is CC.CCc1cncc(F)c1. The summed E-state index contributed by atoms with van der Waals surface area (Å²) in [5, 5.41) is 0. The molecule has 1 nitrogen and oxygen atoms in total. The van der Waals surface area contributed by atoms with E-state index in [2.05, 4.69) is 4.98 Å². The molecule has 0 fully saturated rings. The van der Waals surface area contributed by atoms with Crippen LogP contribution in [0.1, 0.15) is 26.3 Å². The summed E-state index contributed by atoms with van der Waals surface area (Å²) < 4.78 is 12.3. The van der Waals surface area contributed by atoms with Gasteiger partial charge in [-0.2, -0.15) is 0 Å². The highest BCUT2D eigenvalue weighted by atomic mass is 19.1. The molecule has 0 amide bonds. The average Bonchev–Trinajstić information content (AvgIpc) is 2.08. The van der Waals surface area contributed by atoms with E-state index in [1.807, 2.05) is 20.8 Å². The Hall–Kier alpha value is -0.920. The molecule has 11 heavy (non-hydrogen) atoms. The monoisotopic (exact) mass is 155 g/mol. The summed E-state index contributed by atoms with van der Waals surface area (Å²) in [5.74, 6) is -0.255. The summed E-state index contributed by atoms with van der Waals surface area (Å²) in [5.41, 5.74) is 0.940. The molecular weight excluding hydrogens is 141 g/mol. The van der Waals surface area contributed by atoms with Crippen LogP contribution in [0.2, 0.25) is 0 Å². The molecule has 0 saturated heterocycles. The van der Waals surface area contributed by atoms with Gasteiger partial charge in [-0.05, 0) is 18.1 Å². The summed E-state index contributed by atoms with van der Waals surface area (Å²) in [6.45, 7) is 5.97. The van der Waals surface area contributed by atoms with Gasteiger partial charge in [0.05, 0.1) is 6.20 Å². The molecule has 0 aliphatic heterocycles. The molecule has 62 valence electrons. The van der Waals surface area contributed by atoms with Crippen LogP contribution in [0.4, 0.5) is 4.39 Å². The first kappa shape index (κ1) is 10.1. The van der Waals surface area contributed by atoms with Gasteiger partial charge < -0.3 is 0 Å². The van der Waals surface area contributed by atoms with Crippen LogP contribution in [0, 0.1) is 5.82 Å². The second-order valence-electron chi connectivity index (χ2n) is 1.86. The predicted octanol–water partition coefficient (Wildman–Crippen LogP) is 2.81. The number of nitrogens with zero attached hydrogens (tertiary/aromatic N) is 1. The Morgan fingerprint density at radius 3 is 2.36 bits per heavy atom. The molecule has 0 N–H and O–H groups in total. The van der Waals surface area contributed by atoms with E-state index in [9.17, 15) is 4.39 Å². The maximum absolute atomic E-state index is 12.3. The number of aryl methyl sites for hydroxylation is 1. The van der Waals surface area contributed by atoms with E-state index in [0.717, 1.165) is 12.0 Å². The highest BCUT2D eigenvalue weighted by Crippen LogP contribution is 1.99. The van der Waals surface area contributed by atoms with Gasteiger partial charge in [-0.3, -0.25) is 4.98 Å². The Morgan fingerprint density at radius 2 is 2.00 bits per heavy atom. The first-order valence-corrected chi connectivity index (χ1v) is 3.92. The fourth-order valence-electron chi connectivity index (χ4n) is 0.649. The lowest BCUT2D eigenvalue weighted by molar-refractivity contribution is 0.619. The molecule has 2 heteroatoms. The van der Waals surface area contributed by atoms with Crippen molar-refractivity contribution in [2.75, 3.05) is 0 Å². The topological polar surface area (TPSA) is 12.9 Å². The van der Waals surface area contributed by atoms with Crippen LogP contribution < -0.4 is 0 Å². The van der Waals surface area contributed by atoms with Gasteiger partial charge in [-0.25, -0.2) is 4.39 Å². The lowest BCUT2D eigenvalue weighted by Gasteiger charge is -1.91. The molecule has 0 radical (unpaired) electrons. The fourth-order valence-corrected chi connectivity index (χ4v) is 0.649. The van der Waals surface area contributed by atoms with Crippen LogP contribution in [-0.4, -0.2) is 4.98 Å². The zero-order valence-electron chi connectivity index (χ0n) is 7.26. The van der Waals surface area contributed by atoms with Gasteiger partial charge in [-0.1, -0.05) is 20.8 Å². The van der Waals surface area contributed by atoms with Gasteiger partial charge in [0.2, 0.25) is 0 Å². The number of hydrogen-bond donors (Lipinski definition) is 0. The van der Waals surface area contributed by atoms with E-state index < -0.39 is 0 Å². The summed E-state index contributed by atoms with van der Waals surface area (Å²) in [4.78, 5) is 3.68. The molecule has 1 aromatic rings. The number of hydrogen-bond acceptors (Lipinski definition) is 1. The number of rotatable bonds is 1.